The van der Waals surface area contributed by atoms with Crippen LogP contribution in [0.1, 0.15) is 31.2 Å². The summed E-state index contributed by atoms with van der Waals surface area (Å²) in [5, 5.41) is 21.7. The highest BCUT2D eigenvalue weighted by molar-refractivity contribution is 6.66. The van der Waals surface area contributed by atoms with Crippen LogP contribution in [0.15, 0.2) is 35.3 Å². The maximum absolute atomic E-state index is 12.5. The lowest BCUT2D eigenvalue weighted by molar-refractivity contribution is -0.274. The number of rotatable bonds is 7. The maximum atomic E-state index is 12.5. The third kappa shape index (κ3) is 8.22. The topological polar surface area (TPSA) is 121 Å². The number of allylic oxidation sites excluding steroid dienone is 1. The summed E-state index contributed by atoms with van der Waals surface area (Å²) < 4.78 is 47.2. The van der Waals surface area contributed by atoms with Gasteiger partial charge in [-0.25, -0.2) is 10.4 Å². The van der Waals surface area contributed by atoms with E-state index < -0.39 is 18.0 Å². The number of halogens is 4. The molecule has 0 saturated heterocycles. The zero-order valence-electron chi connectivity index (χ0n) is 16.2. The van der Waals surface area contributed by atoms with Gasteiger partial charge in [0.2, 0.25) is 0 Å². The van der Waals surface area contributed by atoms with Crippen LogP contribution in [0.2, 0.25) is 0 Å². The third-order valence-corrected chi connectivity index (χ3v) is 4.49. The molecular weight excluding hydrogens is 437 g/mol. The van der Waals surface area contributed by atoms with Crippen molar-refractivity contribution in [3.8, 4) is 17.6 Å². The quantitative estimate of drug-likeness (QED) is 0.614. The number of aliphatic imine (C=N–C) groups is 1. The van der Waals surface area contributed by atoms with E-state index >= 15 is 0 Å². The number of nitriles is 1. The zero-order chi connectivity index (χ0) is 23.0. The smallest absolute Gasteiger partial charge is 0.490 e. The summed E-state index contributed by atoms with van der Waals surface area (Å²) in [6.45, 7) is 0. The number of alkyl halides is 3. The highest BCUT2D eigenvalue weighted by Crippen LogP contribution is 2.32. The van der Waals surface area contributed by atoms with Crippen LogP contribution in [-0.2, 0) is 4.79 Å². The fourth-order valence-electron chi connectivity index (χ4n) is 2.90. The van der Waals surface area contributed by atoms with Gasteiger partial charge in [-0.2, -0.15) is 5.26 Å². The van der Waals surface area contributed by atoms with Crippen molar-refractivity contribution in [2.24, 2.45) is 10.9 Å². The Hall–Kier alpha value is -3.19. The largest absolute Gasteiger partial charge is 0.573 e. The number of benzene rings is 1. The molecule has 1 aromatic rings. The van der Waals surface area contributed by atoms with E-state index in [1.807, 2.05) is 0 Å². The number of ether oxygens (including phenoxy) is 2. The van der Waals surface area contributed by atoms with Crippen molar-refractivity contribution in [2.75, 3.05) is 0 Å². The Morgan fingerprint density at radius 1 is 1.29 bits per heavy atom. The molecule has 3 N–H and O–H groups in total. The molecule has 0 unspecified atom stereocenters. The van der Waals surface area contributed by atoms with Gasteiger partial charge in [0, 0.05) is 18.4 Å². The van der Waals surface area contributed by atoms with Gasteiger partial charge in [0.05, 0.1) is 11.7 Å². The molecule has 1 fully saturated rings. The van der Waals surface area contributed by atoms with Gasteiger partial charge in [-0.1, -0.05) is 0 Å². The maximum Gasteiger partial charge on any atom is 0.573 e. The third-order valence-electron chi connectivity index (χ3n) is 4.36. The lowest BCUT2D eigenvalue weighted by atomic mass is 9.88. The van der Waals surface area contributed by atoms with Crippen molar-refractivity contribution in [3.05, 3.63) is 35.9 Å². The summed E-state index contributed by atoms with van der Waals surface area (Å²) in [7, 11) is 0. The van der Waals surface area contributed by atoms with Crippen LogP contribution in [0.3, 0.4) is 0 Å². The Labute approximate surface area is 181 Å². The van der Waals surface area contributed by atoms with Crippen LogP contribution in [0, 0.1) is 22.7 Å². The van der Waals surface area contributed by atoms with Crippen LogP contribution in [0.4, 0.5) is 13.2 Å². The summed E-state index contributed by atoms with van der Waals surface area (Å²) in [5.74, 6) is -1.16. The molecule has 0 radical (unpaired) electrons. The number of hydrogen-bond acceptors (Lipinski definition) is 5. The number of nitrogens with one attached hydrogen (secondary N) is 1. The molecule has 0 aliphatic heterocycles. The van der Waals surface area contributed by atoms with E-state index in [0.29, 0.717) is 25.7 Å². The summed E-state index contributed by atoms with van der Waals surface area (Å²) in [4.78, 5) is 15.6. The van der Waals surface area contributed by atoms with Gasteiger partial charge < -0.3 is 9.47 Å². The Bertz CT molecular complexity index is 946. The Kier molecular flexibility index (Phi) is 8.33. The van der Waals surface area contributed by atoms with Crippen LogP contribution < -0.4 is 14.9 Å². The second-order valence-electron chi connectivity index (χ2n) is 6.69. The predicted molar refractivity (Wildman–Crippen MR) is 107 cm³/mol. The lowest BCUT2D eigenvalue weighted by Crippen LogP contribution is -2.34. The van der Waals surface area contributed by atoms with Crippen molar-refractivity contribution < 1.29 is 32.8 Å². The highest BCUT2D eigenvalue weighted by atomic mass is 35.5. The second-order valence-corrected chi connectivity index (χ2v) is 7.12. The first-order valence-corrected chi connectivity index (χ1v) is 9.55. The standard InChI is InChI=1S/C20H18ClF3N4O3/c21-18(27)8-7-16(26)19(29)28-11-12-1-4-14(5-2-12)30-15-6-3-13(10-25)17(9-15)31-20(22,23)24/h3,6-9,11-12,14,26-27H,1-2,4-5H2/p+1/b8-7-,26-16?,27-18?,28-11?. The van der Waals surface area contributed by atoms with E-state index in [2.05, 4.69) is 9.73 Å². The fourth-order valence-corrected chi connectivity index (χ4v) is 2.97. The number of hydrogen-bond donors (Lipinski definition) is 2. The fraction of sp³-hybridized carbons (Fsp3) is 0.350. The predicted octanol–water partition coefficient (Wildman–Crippen LogP) is 2.96. The van der Waals surface area contributed by atoms with Gasteiger partial charge in [0.25, 0.3) is 11.1 Å². The molecule has 11 heteroatoms. The van der Waals surface area contributed by atoms with Gasteiger partial charge in [0.1, 0.15) is 17.5 Å². The molecular formula is C20H19ClF3N4O3+. The van der Waals surface area contributed by atoms with Gasteiger partial charge >= 0.3 is 6.36 Å². The molecule has 0 bridgehead atoms. The first kappa shape index (κ1) is 24.1. The Balaban J connectivity index is 1.90. The van der Waals surface area contributed by atoms with Crippen LogP contribution in [-0.4, -0.2) is 35.5 Å². The first-order chi connectivity index (χ1) is 14.6. The van der Waals surface area contributed by atoms with E-state index in [1.54, 1.807) is 6.07 Å². The van der Waals surface area contributed by atoms with Crippen molar-refractivity contribution in [1.82, 2.24) is 0 Å². The molecule has 0 atom stereocenters. The normalized spacial score (nSPS) is 19.2. The average Bonchev–Trinajstić information content (AvgIpc) is 2.70. The molecule has 7 nitrogen and oxygen atoms in total. The van der Waals surface area contributed by atoms with Gasteiger partial charge in [-0.05, 0) is 61.4 Å². The van der Waals surface area contributed by atoms with E-state index in [0.717, 1.165) is 12.1 Å². The van der Waals surface area contributed by atoms with Crippen LogP contribution >= 0.6 is 11.6 Å². The minimum absolute atomic E-state index is 0.00956. The molecule has 1 aromatic carbocycles. The number of carbonyl (C=O) groups is 1. The minimum Gasteiger partial charge on any atom is -0.490 e. The number of nitrogens with two attached hydrogens (primary N) is 1. The van der Waals surface area contributed by atoms with E-state index in [-0.39, 0.29) is 34.2 Å². The number of carbonyl (C=O) groups excluding carboxylic acids is 1. The Morgan fingerprint density at radius 2 is 1.97 bits per heavy atom. The van der Waals surface area contributed by atoms with Crippen molar-refractivity contribution in [3.63, 3.8) is 0 Å². The average molecular weight is 456 g/mol. The van der Waals surface area contributed by atoms with E-state index in [4.69, 9.17) is 32.4 Å². The Morgan fingerprint density at radius 3 is 2.55 bits per heavy atom. The highest BCUT2D eigenvalue weighted by Gasteiger charge is 2.32. The van der Waals surface area contributed by atoms with Gasteiger partial charge in [0.15, 0.2) is 5.75 Å². The number of nitrogens with zero attached hydrogens (tertiary/aromatic N) is 2. The summed E-state index contributed by atoms with van der Waals surface area (Å²) >= 11 is 5.43. The van der Waals surface area contributed by atoms with Gasteiger partial charge in [-0.15, -0.1) is 13.2 Å². The number of amides is 1. The van der Waals surface area contributed by atoms with Crippen LogP contribution in [0.5, 0.6) is 11.5 Å². The monoisotopic (exact) mass is 455 g/mol. The molecule has 1 aliphatic carbocycles. The minimum atomic E-state index is -4.92. The summed E-state index contributed by atoms with van der Waals surface area (Å²) in [6.07, 6.45) is 1.19. The van der Waals surface area contributed by atoms with E-state index in [9.17, 15) is 18.0 Å². The molecule has 1 saturated carbocycles. The molecule has 0 spiro atoms. The zero-order valence-corrected chi connectivity index (χ0v) is 16.9. The summed E-state index contributed by atoms with van der Waals surface area (Å²) in [5.41, 5.74) is -0.601. The molecule has 2 rings (SSSR count). The molecule has 164 valence electrons. The molecule has 31 heavy (non-hydrogen) atoms. The molecule has 0 heterocycles. The summed E-state index contributed by atoms with van der Waals surface area (Å²) in [6, 6.07) is 5.31. The van der Waals surface area contributed by atoms with Crippen molar-refractivity contribution >= 4 is 34.6 Å². The molecule has 1 aliphatic rings. The lowest BCUT2D eigenvalue weighted by Gasteiger charge is -2.27. The second kappa shape index (κ2) is 10.7. The first-order valence-electron chi connectivity index (χ1n) is 9.17. The van der Waals surface area contributed by atoms with E-state index in [1.165, 1.54) is 24.4 Å². The van der Waals surface area contributed by atoms with Crippen LogP contribution in [0.25, 0.3) is 0 Å². The van der Waals surface area contributed by atoms with Gasteiger partial charge in [-0.3, -0.25) is 10.2 Å². The SMILES string of the molecule is N#Cc1ccc(OC2CCC(C=NC(=O)C(=N)/C=C\C(=[NH2+])Cl)CC2)cc1OC(F)(F)F. The molecule has 1 amide bonds. The van der Waals surface area contributed by atoms with Crippen molar-refractivity contribution in [2.45, 2.75) is 38.1 Å². The van der Waals surface area contributed by atoms with Crippen molar-refractivity contribution in [1.29, 1.82) is 10.7 Å². The molecule has 0 aromatic heterocycles.